The lowest BCUT2D eigenvalue weighted by Gasteiger charge is -2.28. The lowest BCUT2D eigenvalue weighted by atomic mass is 10.2. The molecule has 0 unspecified atom stereocenters. The van der Waals surface area contributed by atoms with Crippen LogP contribution in [0, 0.1) is 0 Å². The zero-order valence-corrected chi connectivity index (χ0v) is 20.2. The lowest BCUT2D eigenvalue weighted by Crippen LogP contribution is -2.34. The second kappa shape index (κ2) is 11.8. The molecule has 0 spiro atoms. The van der Waals surface area contributed by atoms with Crippen LogP contribution in [0.2, 0.25) is 0 Å². The van der Waals surface area contributed by atoms with E-state index in [-0.39, 0.29) is 26.2 Å². The second-order valence-electron chi connectivity index (χ2n) is 7.97. The first-order chi connectivity index (χ1) is 14.7. The topological polar surface area (TPSA) is 195 Å². The highest BCUT2D eigenvalue weighted by atomic mass is 31.2. The van der Waals surface area contributed by atoms with E-state index in [2.05, 4.69) is 4.98 Å². The third kappa shape index (κ3) is 12.1. The number of hydrogen-bond donors (Lipinski definition) is 6. The van der Waals surface area contributed by atoms with Gasteiger partial charge >= 0.3 is 22.8 Å². The second-order valence-corrected chi connectivity index (χ2v) is 12.8. The Morgan fingerprint density at radius 1 is 0.656 bits per heavy atom. The summed E-state index contributed by atoms with van der Waals surface area (Å²) in [5.74, 6) is 0. The Hall–Kier alpha value is -0.520. The van der Waals surface area contributed by atoms with Crippen LogP contribution < -0.4 is 0 Å². The summed E-state index contributed by atoms with van der Waals surface area (Å²) in [7, 11) is -13.0. The van der Waals surface area contributed by atoms with Crippen LogP contribution >= 0.6 is 22.8 Å². The predicted octanol–water partition coefficient (Wildman–Crippen LogP) is 0.187. The van der Waals surface area contributed by atoms with Gasteiger partial charge in [0.1, 0.15) is 18.9 Å². The molecule has 1 aromatic heterocycles. The van der Waals surface area contributed by atoms with Gasteiger partial charge in [0.05, 0.1) is 11.4 Å². The average Bonchev–Trinajstić information content (AvgIpc) is 2.57. The van der Waals surface area contributed by atoms with E-state index < -0.39 is 41.6 Å². The Morgan fingerprint density at radius 2 is 1.00 bits per heavy atom. The van der Waals surface area contributed by atoms with Crippen molar-refractivity contribution in [2.45, 2.75) is 25.9 Å². The van der Waals surface area contributed by atoms with Crippen LogP contribution in [0.25, 0.3) is 0 Å². The van der Waals surface area contributed by atoms with Crippen LogP contribution in [0.1, 0.15) is 24.2 Å². The number of rotatable bonds is 6. The maximum absolute atomic E-state index is 11.6. The molecule has 0 radical (unpaired) electrons. The van der Waals surface area contributed by atoms with Gasteiger partial charge in [0, 0.05) is 39.3 Å². The van der Waals surface area contributed by atoms with Crippen LogP contribution in [0.5, 0.6) is 0 Å². The summed E-state index contributed by atoms with van der Waals surface area (Å²) in [4.78, 5) is 65.6. The Morgan fingerprint density at radius 3 is 1.38 bits per heavy atom. The van der Waals surface area contributed by atoms with Crippen molar-refractivity contribution < 1.29 is 43.1 Å². The molecular formula is C16H31N4O9P3. The predicted molar refractivity (Wildman–Crippen MR) is 117 cm³/mol. The highest BCUT2D eigenvalue weighted by Crippen LogP contribution is 2.37. The summed E-state index contributed by atoms with van der Waals surface area (Å²) in [6.45, 7) is 1.45. The summed E-state index contributed by atoms with van der Waals surface area (Å²) in [6, 6.07) is 5.14. The quantitative estimate of drug-likeness (QED) is 0.281. The maximum atomic E-state index is 11.6. The van der Waals surface area contributed by atoms with Crippen molar-refractivity contribution in [3.63, 3.8) is 0 Å². The minimum Gasteiger partial charge on any atom is -0.324 e. The molecule has 6 N–H and O–H groups in total. The van der Waals surface area contributed by atoms with Gasteiger partial charge in [0.2, 0.25) is 0 Å². The van der Waals surface area contributed by atoms with Crippen LogP contribution in [0.3, 0.4) is 0 Å². The zero-order valence-electron chi connectivity index (χ0n) is 17.5. The van der Waals surface area contributed by atoms with Crippen LogP contribution in [0.15, 0.2) is 18.2 Å². The van der Waals surface area contributed by atoms with Crippen LogP contribution in [0.4, 0.5) is 0 Å². The molecule has 0 aromatic carbocycles. The number of pyridine rings is 1. The summed E-state index contributed by atoms with van der Waals surface area (Å²) in [5, 5.41) is 0. The molecule has 0 saturated heterocycles. The minimum atomic E-state index is -4.34. The third-order valence-corrected chi connectivity index (χ3v) is 6.99. The van der Waals surface area contributed by atoms with E-state index in [9.17, 15) is 43.1 Å². The van der Waals surface area contributed by atoms with E-state index in [0.717, 1.165) is 0 Å². The summed E-state index contributed by atoms with van der Waals surface area (Å²) < 4.78 is 34.6. The van der Waals surface area contributed by atoms with Gasteiger partial charge in [-0.3, -0.25) is 33.4 Å². The van der Waals surface area contributed by atoms with Crippen LogP contribution in [-0.2, 0) is 26.8 Å². The number of fused-ring (bicyclic) bond motifs is 2. The van der Waals surface area contributed by atoms with Gasteiger partial charge in [0.15, 0.2) is 0 Å². The molecule has 1 aliphatic heterocycles. The molecule has 184 valence electrons. The molecule has 1 aromatic rings. The molecule has 1 aliphatic rings. The molecule has 16 heteroatoms. The van der Waals surface area contributed by atoms with E-state index in [1.807, 2.05) is 0 Å². The molecule has 32 heavy (non-hydrogen) atoms. The first-order valence-corrected chi connectivity index (χ1v) is 15.3. The highest BCUT2D eigenvalue weighted by molar-refractivity contribution is 7.52. The monoisotopic (exact) mass is 516 g/mol. The van der Waals surface area contributed by atoms with Gasteiger partial charge in [-0.05, 0) is 25.0 Å². The first kappa shape index (κ1) is 27.7. The molecule has 2 rings (SSSR count). The zero-order chi connectivity index (χ0) is 24.0. The number of hydrogen-bond acceptors (Lipinski definition) is 7. The fraction of sp³-hybridized carbons (Fsp3) is 0.688. The van der Waals surface area contributed by atoms with Gasteiger partial charge < -0.3 is 29.4 Å². The van der Waals surface area contributed by atoms with Gasteiger partial charge in [-0.25, -0.2) is 0 Å². The van der Waals surface area contributed by atoms with Crippen molar-refractivity contribution in [2.75, 3.05) is 45.0 Å². The Kier molecular flexibility index (Phi) is 10.2. The van der Waals surface area contributed by atoms with Crippen molar-refractivity contribution in [1.82, 2.24) is 19.7 Å². The molecule has 2 bridgehead atoms. The highest BCUT2D eigenvalue weighted by Gasteiger charge is 2.24. The third-order valence-electron chi connectivity index (χ3n) is 4.69. The fourth-order valence-corrected chi connectivity index (χ4v) is 5.96. The van der Waals surface area contributed by atoms with Crippen molar-refractivity contribution in [3.8, 4) is 0 Å². The molecule has 0 amide bonds. The van der Waals surface area contributed by atoms with Crippen molar-refractivity contribution in [1.29, 1.82) is 0 Å². The first-order valence-electron chi connectivity index (χ1n) is 9.94. The van der Waals surface area contributed by atoms with Gasteiger partial charge in [-0.1, -0.05) is 6.07 Å². The Labute approximate surface area is 186 Å². The van der Waals surface area contributed by atoms with E-state index in [1.165, 1.54) is 0 Å². The normalized spacial score (nSPS) is 19.6. The average molecular weight is 516 g/mol. The lowest BCUT2D eigenvalue weighted by molar-refractivity contribution is 0.212. The van der Waals surface area contributed by atoms with E-state index in [1.54, 1.807) is 32.9 Å². The largest absolute Gasteiger partial charge is 0.339 e. The molecule has 0 atom stereocenters. The number of nitrogens with zero attached hydrogens (tertiary/aromatic N) is 4. The summed E-state index contributed by atoms with van der Waals surface area (Å²) >= 11 is 0. The SMILES string of the molecule is O=P(O)(O)CN1CCCN(CP(=O)(O)O)Cc2cccc(n2)CN(CP(=O)(O)O)CCC1. The van der Waals surface area contributed by atoms with E-state index in [4.69, 9.17) is 0 Å². The van der Waals surface area contributed by atoms with Gasteiger partial charge in [-0.2, -0.15) is 0 Å². The standard InChI is InChI=1S/C16H31N4O9P3/c21-30(22,23)12-18-6-2-8-19(13-31(24,25)26)10-15-4-1-5-16(17-15)11-20(9-3-7-18)14-32(27,28)29/h1,4-5H,2-3,6-14H2,(H2,21,22,23)(H2,24,25,26)(H2,27,28,29). The molecular weight excluding hydrogens is 485 g/mol. The Balaban J connectivity index is 2.28. The molecule has 0 fully saturated rings. The van der Waals surface area contributed by atoms with Crippen molar-refractivity contribution >= 4 is 22.8 Å². The number of aromatic nitrogens is 1. The van der Waals surface area contributed by atoms with Crippen molar-refractivity contribution in [3.05, 3.63) is 29.6 Å². The van der Waals surface area contributed by atoms with Crippen molar-refractivity contribution in [2.24, 2.45) is 0 Å². The molecule has 0 saturated carbocycles. The minimum absolute atomic E-state index is 0.149. The summed E-state index contributed by atoms with van der Waals surface area (Å²) in [5.41, 5.74) is 1.10. The smallest absolute Gasteiger partial charge is 0.324 e. The van der Waals surface area contributed by atoms with Crippen LogP contribution in [-0.4, -0.2) is 94.1 Å². The summed E-state index contributed by atoms with van der Waals surface area (Å²) in [6.07, 6.45) is -0.619. The Bertz CT molecular complexity index is 832. The van der Waals surface area contributed by atoms with Gasteiger partial charge in [0.25, 0.3) is 0 Å². The molecule has 13 nitrogen and oxygen atoms in total. The molecule has 0 aliphatic carbocycles. The van der Waals surface area contributed by atoms with E-state index in [0.29, 0.717) is 37.3 Å². The fourth-order valence-electron chi connectivity index (χ4n) is 3.63. The van der Waals surface area contributed by atoms with E-state index >= 15 is 0 Å². The van der Waals surface area contributed by atoms with Gasteiger partial charge in [-0.15, -0.1) is 0 Å². The maximum Gasteiger partial charge on any atom is 0.339 e. The molecule has 2 heterocycles.